The van der Waals surface area contributed by atoms with Crippen LogP contribution in [0.25, 0.3) is 0 Å². The molecule has 15 heavy (non-hydrogen) atoms. The van der Waals surface area contributed by atoms with Gasteiger partial charge in [-0.1, -0.05) is 23.7 Å². The summed E-state index contributed by atoms with van der Waals surface area (Å²) < 4.78 is 7.23. The van der Waals surface area contributed by atoms with Crippen molar-refractivity contribution in [1.82, 2.24) is 9.78 Å². The highest BCUT2D eigenvalue weighted by Crippen LogP contribution is 2.14. The summed E-state index contributed by atoms with van der Waals surface area (Å²) >= 11 is 5.86. The van der Waals surface area contributed by atoms with E-state index in [2.05, 4.69) is 5.10 Å². The molecule has 4 heteroatoms. The lowest BCUT2D eigenvalue weighted by Gasteiger charge is -2.03. The predicted molar refractivity (Wildman–Crippen MR) is 59.0 cm³/mol. The van der Waals surface area contributed by atoms with Crippen molar-refractivity contribution in [3.8, 4) is 5.75 Å². The Bertz CT molecular complexity index is 453. The smallest absolute Gasteiger partial charge is 0.157 e. The molecule has 0 saturated heterocycles. The summed E-state index contributed by atoms with van der Waals surface area (Å²) in [6, 6.07) is 7.61. The Balaban J connectivity index is 1.99. The van der Waals surface area contributed by atoms with Crippen molar-refractivity contribution in [2.24, 2.45) is 7.05 Å². The van der Waals surface area contributed by atoms with E-state index in [9.17, 15) is 0 Å². The van der Waals surface area contributed by atoms with Crippen molar-refractivity contribution in [2.75, 3.05) is 0 Å². The van der Waals surface area contributed by atoms with Crippen LogP contribution in [0.15, 0.2) is 36.7 Å². The molecule has 1 heterocycles. The number of halogens is 1. The lowest BCUT2D eigenvalue weighted by atomic mass is 10.2. The second-order valence-corrected chi connectivity index (χ2v) is 3.70. The fraction of sp³-hybridized carbons (Fsp3) is 0.182. The zero-order valence-corrected chi connectivity index (χ0v) is 9.11. The monoisotopic (exact) mass is 222 g/mol. The van der Waals surface area contributed by atoms with Crippen molar-refractivity contribution >= 4 is 11.6 Å². The van der Waals surface area contributed by atoms with E-state index in [1.807, 2.05) is 37.5 Å². The molecular weight excluding hydrogens is 212 g/mol. The first kappa shape index (κ1) is 10.1. The SMILES string of the molecule is Cn1cc(OCc2cccc(Cl)c2)cn1. The van der Waals surface area contributed by atoms with Gasteiger partial charge in [0.2, 0.25) is 0 Å². The molecule has 2 aromatic rings. The Morgan fingerprint density at radius 3 is 3.00 bits per heavy atom. The van der Waals surface area contributed by atoms with Crippen LogP contribution >= 0.6 is 11.6 Å². The maximum absolute atomic E-state index is 5.86. The molecule has 0 amide bonds. The van der Waals surface area contributed by atoms with Crippen LogP contribution in [-0.4, -0.2) is 9.78 Å². The molecule has 2 rings (SSSR count). The van der Waals surface area contributed by atoms with E-state index >= 15 is 0 Å². The first-order chi connectivity index (χ1) is 7.24. The quantitative estimate of drug-likeness (QED) is 0.799. The van der Waals surface area contributed by atoms with Gasteiger partial charge in [-0.05, 0) is 17.7 Å². The van der Waals surface area contributed by atoms with Gasteiger partial charge < -0.3 is 4.74 Å². The van der Waals surface area contributed by atoms with Crippen molar-refractivity contribution < 1.29 is 4.74 Å². The van der Waals surface area contributed by atoms with E-state index in [-0.39, 0.29) is 0 Å². The van der Waals surface area contributed by atoms with Gasteiger partial charge in [-0.2, -0.15) is 5.10 Å². The molecule has 1 aromatic carbocycles. The van der Waals surface area contributed by atoms with Gasteiger partial charge in [0.25, 0.3) is 0 Å². The van der Waals surface area contributed by atoms with Gasteiger partial charge in [-0.3, -0.25) is 4.68 Å². The van der Waals surface area contributed by atoms with Crippen molar-refractivity contribution in [3.63, 3.8) is 0 Å². The van der Waals surface area contributed by atoms with E-state index < -0.39 is 0 Å². The largest absolute Gasteiger partial charge is 0.486 e. The number of rotatable bonds is 3. The molecule has 78 valence electrons. The molecule has 0 spiro atoms. The number of ether oxygens (including phenoxy) is 1. The zero-order valence-electron chi connectivity index (χ0n) is 8.35. The molecule has 0 N–H and O–H groups in total. The normalized spacial score (nSPS) is 10.3. The van der Waals surface area contributed by atoms with Crippen LogP contribution in [0, 0.1) is 0 Å². The molecule has 0 unspecified atom stereocenters. The van der Waals surface area contributed by atoms with Crippen molar-refractivity contribution in [1.29, 1.82) is 0 Å². The minimum absolute atomic E-state index is 0.506. The van der Waals surface area contributed by atoms with Crippen LogP contribution in [0.2, 0.25) is 5.02 Å². The van der Waals surface area contributed by atoms with Crippen LogP contribution in [0.3, 0.4) is 0 Å². The average molecular weight is 223 g/mol. The average Bonchev–Trinajstić information content (AvgIpc) is 2.62. The molecule has 0 bridgehead atoms. The van der Waals surface area contributed by atoms with E-state index in [4.69, 9.17) is 16.3 Å². The second-order valence-electron chi connectivity index (χ2n) is 3.27. The zero-order chi connectivity index (χ0) is 10.7. The number of nitrogens with zero attached hydrogens (tertiary/aromatic N) is 2. The summed E-state index contributed by atoms with van der Waals surface area (Å²) in [4.78, 5) is 0. The van der Waals surface area contributed by atoms with Gasteiger partial charge in [0.05, 0.1) is 12.4 Å². The van der Waals surface area contributed by atoms with Gasteiger partial charge in [0.15, 0.2) is 5.75 Å². The van der Waals surface area contributed by atoms with Crippen LogP contribution in [0.4, 0.5) is 0 Å². The maximum Gasteiger partial charge on any atom is 0.157 e. The molecular formula is C11H11ClN2O. The molecule has 0 aliphatic heterocycles. The van der Waals surface area contributed by atoms with E-state index in [1.54, 1.807) is 10.9 Å². The van der Waals surface area contributed by atoms with E-state index in [1.165, 1.54) is 0 Å². The molecule has 0 fully saturated rings. The van der Waals surface area contributed by atoms with Gasteiger partial charge in [-0.25, -0.2) is 0 Å². The second kappa shape index (κ2) is 4.36. The minimum Gasteiger partial charge on any atom is -0.486 e. The van der Waals surface area contributed by atoms with Crippen LogP contribution in [0.1, 0.15) is 5.56 Å². The van der Waals surface area contributed by atoms with Gasteiger partial charge >= 0.3 is 0 Å². The molecule has 0 atom stereocenters. The van der Waals surface area contributed by atoms with Gasteiger partial charge in [0.1, 0.15) is 6.61 Å². The van der Waals surface area contributed by atoms with Crippen LogP contribution < -0.4 is 4.74 Å². The number of aryl methyl sites for hydroxylation is 1. The molecule has 0 aliphatic carbocycles. The standard InChI is InChI=1S/C11H11ClN2O/c1-14-7-11(6-13-14)15-8-9-3-2-4-10(12)5-9/h2-7H,8H2,1H3. The number of hydrogen-bond acceptors (Lipinski definition) is 2. The minimum atomic E-state index is 0.506. The first-order valence-corrected chi connectivity index (χ1v) is 4.98. The molecule has 1 aromatic heterocycles. The fourth-order valence-electron chi connectivity index (χ4n) is 1.27. The Morgan fingerprint density at radius 1 is 1.47 bits per heavy atom. The molecule has 0 radical (unpaired) electrons. The summed E-state index contributed by atoms with van der Waals surface area (Å²) in [6.07, 6.45) is 3.51. The lowest BCUT2D eigenvalue weighted by molar-refractivity contribution is 0.306. The third-order valence-corrected chi connectivity index (χ3v) is 2.21. The Morgan fingerprint density at radius 2 is 2.33 bits per heavy atom. The predicted octanol–water partition coefficient (Wildman–Crippen LogP) is 2.65. The summed E-state index contributed by atoms with van der Waals surface area (Å²) in [5.74, 6) is 0.762. The summed E-state index contributed by atoms with van der Waals surface area (Å²) in [6.45, 7) is 0.506. The summed E-state index contributed by atoms with van der Waals surface area (Å²) in [5, 5.41) is 4.74. The third kappa shape index (κ3) is 2.73. The van der Waals surface area contributed by atoms with Crippen molar-refractivity contribution in [2.45, 2.75) is 6.61 Å². The first-order valence-electron chi connectivity index (χ1n) is 4.60. The van der Waals surface area contributed by atoms with E-state index in [0.717, 1.165) is 16.3 Å². The Hall–Kier alpha value is -1.48. The fourth-order valence-corrected chi connectivity index (χ4v) is 1.48. The topological polar surface area (TPSA) is 27.1 Å². The lowest BCUT2D eigenvalue weighted by Crippen LogP contribution is -1.94. The Labute approximate surface area is 93.2 Å². The van der Waals surface area contributed by atoms with Crippen LogP contribution in [0.5, 0.6) is 5.75 Å². The Kier molecular flexibility index (Phi) is 2.92. The summed E-state index contributed by atoms with van der Waals surface area (Å²) in [7, 11) is 1.85. The van der Waals surface area contributed by atoms with Crippen LogP contribution in [-0.2, 0) is 13.7 Å². The third-order valence-electron chi connectivity index (χ3n) is 1.98. The highest BCUT2D eigenvalue weighted by atomic mass is 35.5. The highest BCUT2D eigenvalue weighted by molar-refractivity contribution is 6.30. The van der Waals surface area contributed by atoms with Gasteiger partial charge in [0, 0.05) is 12.1 Å². The van der Waals surface area contributed by atoms with E-state index in [0.29, 0.717) is 6.61 Å². The van der Waals surface area contributed by atoms with Crippen molar-refractivity contribution in [3.05, 3.63) is 47.2 Å². The van der Waals surface area contributed by atoms with Gasteiger partial charge in [-0.15, -0.1) is 0 Å². The molecule has 3 nitrogen and oxygen atoms in total. The maximum atomic E-state index is 5.86. The summed E-state index contributed by atoms with van der Waals surface area (Å²) in [5.41, 5.74) is 1.05. The molecule has 0 saturated carbocycles. The number of hydrogen-bond donors (Lipinski definition) is 0. The highest BCUT2D eigenvalue weighted by Gasteiger charge is 1.98. The number of benzene rings is 1. The molecule has 0 aliphatic rings. The number of aromatic nitrogens is 2.